The van der Waals surface area contributed by atoms with Crippen LogP contribution in [0.5, 0.6) is 0 Å². The van der Waals surface area contributed by atoms with Crippen molar-refractivity contribution in [3.63, 3.8) is 0 Å². The zero-order chi connectivity index (χ0) is 17.3. The molecule has 128 valence electrons. The number of rotatable bonds is 2. The minimum atomic E-state index is -0.425. The Morgan fingerprint density at radius 2 is 2.12 bits per heavy atom. The highest BCUT2D eigenvalue weighted by Crippen LogP contribution is 2.34. The van der Waals surface area contributed by atoms with Gasteiger partial charge in [0.2, 0.25) is 17.6 Å². The molecule has 0 saturated carbocycles. The third-order valence-corrected chi connectivity index (χ3v) is 4.45. The van der Waals surface area contributed by atoms with Gasteiger partial charge in [-0.05, 0) is 31.4 Å². The lowest BCUT2D eigenvalue weighted by Gasteiger charge is -2.37. The van der Waals surface area contributed by atoms with E-state index in [1.807, 2.05) is 37.8 Å². The summed E-state index contributed by atoms with van der Waals surface area (Å²) in [4.78, 5) is 19.2. The molecule has 2 heterocycles. The fourth-order valence-electron chi connectivity index (χ4n) is 2.98. The molecule has 5 nitrogen and oxygen atoms in total. The Morgan fingerprint density at radius 1 is 1.33 bits per heavy atom. The number of benzene rings is 1. The molecule has 0 aliphatic carbocycles. The van der Waals surface area contributed by atoms with Crippen LogP contribution in [0, 0.1) is 5.41 Å². The van der Waals surface area contributed by atoms with Crippen molar-refractivity contribution in [1.29, 1.82) is 0 Å². The quantitative estimate of drug-likeness (QED) is 0.803. The molecule has 0 bridgehead atoms. The standard InChI is InChI=1S/C18H22ClN3O2/c1-18(2,3)17(23)22-10-5-4-9-14(22)16-20-15(21-24-16)12-7-6-8-13(19)11-12/h6-8,11,14H,4-5,9-10H2,1-3H3. The summed E-state index contributed by atoms with van der Waals surface area (Å²) in [7, 11) is 0. The van der Waals surface area contributed by atoms with Gasteiger partial charge < -0.3 is 9.42 Å². The first kappa shape index (κ1) is 17.0. The predicted molar refractivity (Wildman–Crippen MR) is 92.5 cm³/mol. The maximum absolute atomic E-state index is 12.7. The largest absolute Gasteiger partial charge is 0.337 e. The average Bonchev–Trinajstić information content (AvgIpc) is 3.03. The van der Waals surface area contributed by atoms with Gasteiger partial charge in [0.15, 0.2) is 0 Å². The minimum Gasteiger partial charge on any atom is -0.337 e. The smallest absolute Gasteiger partial charge is 0.249 e. The lowest BCUT2D eigenvalue weighted by Crippen LogP contribution is -2.44. The zero-order valence-electron chi connectivity index (χ0n) is 14.3. The van der Waals surface area contributed by atoms with Crippen LogP contribution < -0.4 is 0 Å². The molecule has 2 aromatic rings. The van der Waals surface area contributed by atoms with Crippen LogP contribution in [0.25, 0.3) is 11.4 Å². The van der Waals surface area contributed by atoms with Crippen LogP contribution >= 0.6 is 11.6 Å². The van der Waals surface area contributed by atoms with Crippen LogP contribution in [0.1, 0.15) is 52.0 Å². The number of nitrogens with zero attached hydrogens (tertiary/aromatic N) is 3. The summed E-state index contributed by atoms with van der Waals surface area (Å²) in [6.45, 7) is 6.54. The third-order valence-electron chi connectivity index (χ3n) is 4.21. The van der Waals surface area contributed by atoms with Crippen molar-refractivity contribution in [2.75, 3.05) is 6.54 Å². The van der Waals surface area contributed by atoms with Crippen LogP contribution in [0.3, 0.4) is 0 Å². The van der Waals surface area contributed by atoms with E-state index in [1.54, 1.807) is 12.1 Å². The lowest BCUT2D eigenvalue weighted by molar-refractivity contribution is -0.144. The van der Waals surface area contributed by atoms with E-state index in [0.29, 0.717) is 16.7 Å². The summed E-state index contributed by atoms with van der Waals surface area (Å²) in [5.41, 5.74) is 0.382. The Morgan fingerprint density at radius 3 is 2.83 bits per heavy atom. The summed E-state index contributed by atoms with van der Waals surface area (Å²) in [6, 6.07) is 7.20. The summed E-state index contributed by atoms with van der Waals surface area (Å²) in [5, 5.41) is 4.70. The Hall–Kier alpha value is -1.88. The second kappa shape index (κ2) is 6.55. The second-order valence-electron chi connectivity index (χ2n) is 7.23. The maximum Gasteiger partial charge on any atom is 0.249 e. The third kappa shape index (κ3) is 3.46. The van der Waals surface area contributed by atoms with Crippen LogP contribution in [0.2, 0.25) is 5.02 Å². The lowest BCUT2D eigenvalue weighted by atomic mass is 9.91. The highest BCUT2D eigenvalue weighted by molar-refractivity contribution is 6.30. The molecule has 1 amide bonds. The average molecular weight is 348 g/mol. The van der Waals surface area contributed by atoms with Gasteiger partial charge in [0.25, 0.3) is 0 Å². The molecule has 1 saturated heterocycles. The number of amides is 1. The molecule has 1 atom stereocenters. The Bertz CT molecular complexity index is 736. The number of carbonyl (C=O) groups is 1. The molecular weight excluding hydrogens is 326 g/mol. The SMILES string of the molecule is CC(C)(C)C(=O)N1CCCCC1c1nc(-c2cccc(Cl)c2)no1. The topological polar surface area (TPSA) is 59.2 Å². The van der Waals surface area contributed by atoms with Gasteiger partial charge >= 0.3 is 0 Å². The van der Waals surface area contributed by atoms with Gasteiger partial charge in [-0.25, -0.2) is 0 Å². The molecule has 0 spiro atoms. The maximum atomic E-state index is 12.7. The van der Waals surface area contributed by atoms with Gasteiger partial charge in [-0.2, -0.15) is 4.98 Å². The van der Waals surface area contributed by atoms with E-state index in [0.717, 1.165) is 31.4 Å². The van der Waals surface area contributed by atoms with E-state index < -0.39 is 5.41 Å². The van der Waals surface area contributed by atoms with Gasteiger partial charge in [0.05, 0.1) is 0 Å². The molecule has 1 fully saturated rings. The predicted octanol–water partition coefficient (Wildman–Crippen LogP) is 4.49. The van der Waals surface area contributed by atoms with E-state index in [9.17, 15) is 4.79 Å². The Balaban J connectivity index is 1.88. The Kier molecular flexibility index (Phi) is 4.63. The van der Waals surface area contributed by atoms with Gasteiger partial charge in [0, 0.05) is 22.5 Å². The molecule has 24 heavy (non-hydrogen) atoms. The molecule has 1 aliphatic rings. The number of aromatic nitrogens is 2. The molecule has 1 aromatic carbocycles. The fourth-order valence-corrected chi connectivity index (χ4v) is 3.17. The molecule has 1 aliphatic heterocycles. The van der Waals surface area contributed by atoms with Crippen LogP contribution in [-0.4, -0.2) is 27.5 Å². The minimum absolute atomic E-state index is 0.120. The normalized spacial score (nSPS) is 18.7. The highest BCUT2D eigenvalue weighted by atomic mass is 35.5. The summed E-state index contributed by atoms with van der Waals surface area (Å²) < 4.78 is 5.49. The van der Waals surface area contributed by atoms with E-state index in [1.165, 1.54) is 0 Å². The van der Waals surface area contributed by atoms with Crippen molar-refractivity contribution in [1.82, 2.24) is 15.0 Å². The number of hydrogen-bond donors (Lipinski definition) is 0. The fraction of sp³-hybridized carbons (Fsp3) is 0.500. The van der Waals surface area contributed by atoms with Crippen molar-refractivity contribution in [3.05, 3.63) is 35.2 Å². The molecule has 3 rings (SSSR count). The number of halogens is 1. The van der Waals surface area contributed by atoms with E-state index in [-0.39, 0.29) is 11.9 Å². The molecule has 0 radical (unpaired) electrons. The van der Waals surface area contributed by atoms with Gasteiger partial charge in [-0.15, -0.1) is 0 Å². The van der Waals surface area contributed by atoms with E-state index >= 15 is 0 Å². The summed E-state index contributed by atoms with van der Waals surface area (Å²) in [5.74, 6) is 1.12. The number of piperidine rings is 1. The number of carbonyl (C=O) groups excluding carboxylic acids is 1. The van der Waals surface area contributed by atoms with Crippen molar-refractivity contribution >= 4 is 17.5 Å². The van der Waals surface area contributed by atoms with Crippen molar-refractivity contribution in [2.45, 2.75) is 46.1 Å². The first-order valence-electron chi connectivity index (χ1n) is 8.27. The summed E-state index contributed by atoms with van der Waals surface area (Å²) in [6.07, 6.45) is 2.90. The molecule has 1 aromatic heterocycles. The van der Waals surface area contributed by atoms with Gasteiger partial charge in [0.1, 0.15) is 6.04 Å². The van der Waals surface area contributed by atoms with Crippen molar-refractivity contribution in [3.8, 4) is 11.4 Å². The zero-order valence-corrected chi connectivity index (χ0v) is 15.0. The van der Waals surface area contributed by atoms with Gasteiger partial charge in [-0.1, -0.05) is 49.7 Å². The van der Waals surface area contributed by atoms with Crippen molar-refractivity contribution in [2.24, 2.45) is 5.41 Å². The van der Waals surface area contributed by atoms with E-state index in [4.69, 9.17) is 16.1 Å². The molecule has 0 N–H and O–H groups in total. The molecular formula is C18H22ClN3O2. The van der Waals surface area contributed by atoms with Gasteiger partial charge in [-0.3, -0.25) is 4.79 Å². The molecule has 6 heteroatoms. The first-order valence-corrected chi connectivity index (χ1v) is 8.64. The number of hydrogen-bond acceptors (Lipinski definition) is 4. The highest BCUT2D eigenvalue weighted by Gasteiger charge is 2.36. The number of likely N-dealkylation sites (tertiary alicyclic amines) is 1. The van der Waals surface area contributed by atoms with Crippen LogP contribution in [0.15, 0.2) is 28.8 Å². The molecule has 1 unspecified atom stereocenters. The Labute approximate surface area is 147 Å². The van der Waals surface area contributed by atoms with Crippen LogP contribution in [0.4, 0.5) is 0 Å². The van der Waals surface area contributed by atoms with E-state index in [2.05, 4.69) is 10.1 Å². The monoisotopic (exact) mass is 347 g/mol. The van der Waals surface area contributed by atoms with Crippen molar-refractivity contribution < 1.29 is 9.32 Å². The summed E-state index contributed by atoms with van der Waals surface area (Å²) >= 11 is 6.03. The first-order chi connectivity index (χ1) is 11.4. The van der Waals surface area contributed by atoms with Crippen LogP contribution in [-0.2, 0) is 4.79 Å². The second-order valence-corrected chi connectivity index (χ2v) is 7.66.